The van der Waals surface area contributed by atoms with Gasteiger partial charge in [0, 0.05) is 13.1 Å². The van der Waals surface area contributed by atoms with Gasteiger partial charge in [-0.3, -0.25) is 9.69 Å². The lowest BCUT2D eigenvalue weighted by molar-refractivity contribution is -0.151. The van der Waals surface area contributed by atoms with Gasteiger partial charge in [0.25, 0.3) is 0 Å². The van der Waals surface area contributed by atoms with Crippen molar-refractivity contribution in [1.82, 2.24) is 4.90 Å². The summed E-state index contributed by atoms with van der Waals surface area (Å²) < 4.78 is 5.27. The Labute approximate surface area is 133 Å². The standard InChI is InChI=1S/C18H27NO3/c1-4-5-11-22-18(21)17(14-20)19(12-15(2)3)13-16-9-7-6-8-10-16/h6-10,17,20H,2,4-5,11-14H2,1,3H3/t17-/m0/s1. The SMILES string of the molecule is C=C(C)CN(Cc1ccccc1)[C@@H](CO)C(=O)OCCCC. The number of rotatable bonds is 10. The molecule has 1 aromatic carbocycles. The maximum atomic E-state index is 12.2. The van der Waals surface area contributed by atoms with Crippen LogP contribution in [0, 0.1) is 0 Å². The van der Waals surface area contributed by atoms with Crippen molar-refractivity contribution in [3.63, 3.8) is 0 Å². The number of carbonyl (C=O) groups excluding carboxylic acids is 1. The first-order chi connectivity index (χ1) is 10.6. The highest BCUT2D eigenvalue weighted by Crippen LogP contribution is 2.12. The van der Waals surface area contributed by atoms with Gasteiger partial charge in [-0.2, -0.15) is 0 Å². The molecule has 0 heterocycles. The van der Waals surface area contributed by atoms with Crippen molar-refractivity contribution < 1.29 is 14.6 Å². The second-order valence-electron chi connectivity index (χ2n) is 5.57. The van der Waals surface area contributed by atoms with Crippen LogP contribution in [0.15, 0.2) is 42.5 Å². The predicted molar refractivity (Wildman–Crippen MR) is 88.4 cm³/mol. The van der Waals surface area contributed by atoms with Crippen LogP contribution in [0.25, 0.3) is 0 Å². The van der Waals surface area contributed by atoms with Gasteiger partial charge in [0.2, 0.25) is 0 Å². The summed E-state index contributed by atoms with van der Waals surface area (Å²) in [6.45, 7) is 9.12. The molecule has 4 nitrogen and oxygen atoms in total. The monoisotopic (exact) mass is 305 g/mol. The Morgan fingerprint density at radius 3 is 2.59 bits per heavy atom. The fraction of sp³-hybridized carbons (Fsp3) is 0.500. The van der Waals surface area contributed by atoms with Gasteiger partial charge in [0.15, 0.2) is 0 Å². The van der Waals surface area contributed by atoms with Gasteiger partial charge in [0.1, 0.15) is 6.04 Å². The molecule has 0 aliphatic rings. The van der Waals surface area contributed by atoms with Gasteiger partial charge in [-0.15, -0.1) is 0 Å². The third-order valence-corrected chi connectivity index (χ3v) is 3.33. The average Bonchev–Trinajstić information content (AvgIpc) is 2.48. The Morgan fingerprint density at radius 2 is 2.05 bits per heavy atom. The van der Waals surface area contributed by atoms with E-state index in [9.17, 15) is 9.90 Å². The molecule has 0 amide bonds. The van der Waals surface area contributed by atoms with E-state index in [2.05, 4.69) is 6.58 Å². The lowest BCUT2D eigenvalue weighted by Crippen LogP contribution is -2.45. The molecule has 0 spiro atoms. The number of hydrogen-bond acceptors (Lipinski definition) is 4. The van der Waals surface area contributed by atoms with E-state index in [1.807, 2.05) is 49.1 Å². The van der Waals surface area contributed by atoms with Crippen LogP contribution >= 0.6 is 0 Å². The summed E-state index contributed by atoms with van der Waals surface area (Å²) in [4.78, 5) is 14.1. The molecule has 22 heavy (non-hydrogen) atoms. The fourth-order valence-corrected chi connectivity index (χ4v) is 2.19. The van der Waals surface area contributed by atoms with Crippen molar-refractivity contribution in [3.05, 3.63) is 48.0 Å². The van der Waals surface area contributed by atoms with Crippen LogP contribution in [0.1, 0.15) is 32.3 Å². The number of esters is 1. The minimum Gasteiger partial charge on any atom is -0.464 e. The first-order valence-corrected chi connectivity index (χ1v) is 7.78. The molecule has 4 heteroatoms. The first kappa shape index (κ1) is 18.4. The molecule has 0 saturated carbocycles. The van der Waals surface area contributed by atoms with E-state index >= 15 is 0 Å². The average molecular weight is 305 g/mol. The first-order valence-electron chi connectivity index (χ1n) is 7.78. The minimum atomic E-state index is -0.659. The zero-order valence-corrected chi connectivity index (χ0v) is 13.6. The normalized spacial score (nSPS) is 12.2. The van der Waals surface area contributed by atoms with Gasteiger partial charge in [-0.1, -0.05) is 55.8 Å². The van der Waals surface area contributed by atoms with Crippen LogP contribution in [0.4, 0.5) is 0 Å². The number of aliphatic hydroxyl groups is 1. The van der Waals surface area contributed by atoms with Crippen molar-refractivity contribution in [2.45, 2.75) is 39.3 Å². The summed E-state index contributed by atoms with van der Waals surface area (Å²) in [6, 6.07) is 9.22. The van der Waals surface area contributed by atoms with E-state index in [0.717, 1.165) is 24.0 Å². The van der Waals surface area contributed by atoms with Gasteiger partial charge in [0.05, 0.1) is 13.2 Å². The largest absolute Gasteiger partial charge is 0.464 e. The summed E-state index contributed by atoms with van der Waals surface area (Å²) in [5.74, 6) is -0.367. The molecule has 0 saturated heterocycles. The summed E-state index contributed by atoms with van der Waals surface area (Å²) in [5, 5.41) is 9.64. The van der Waals surface area contributed by atoms with Crippen molar-refractivity contribution in [2.24, 2.45) is 0 Å². The fourth-order valence-electron chi connectivity index (χ4n) is 2.19. The van der Waals surface area contributed by atoms with Crippen LogP contribution in [0.5, 0.6) is 0 Å². The van der Waals surface area contributed by atoms with E-state index in [-0.39, 0.29) is 12.6 Å². The summed E-state index contributed by atoms with van der Waals surface area (Å²) in [6.07, 6.45) is 1.81. The molecule has 1 atom stereocenters. The second kappa shape index (κ2) is 10.1. The van der Waals surface area contributed by atoms with Crippen LogP contribution in [0.2, 0.25) is 0 Å². The molecule has 0 bridgehead atoms. The molecular formula is C18H27NO3. The van der Waals surface area contributed by atoms with Gasteiger partial charge in [-0.05, 0) is 18.9 Å². The highest BCUT2D eigenvalue weighted by atomic mass is 16.5. The second-order valence-corrected chi connectivity index (χ2v) is 5.57. The van der Waals surface area contributed by atoms with E-state index in [1.54, 1.807) is 0 Å². The van der Waals surface area contributed by atoms with Gasteiger partial charge >= 0.3 is 5.97 Å². The molecule has 0 aliphatic carbocycles. The molecule has 0 radical (unpaired) electrons. The molecule has 0 aromatic heterocycles. The highest BCUT2D eigenvalue weighted by molar-refractivity contribution is 5.76. The molecule has 0 aliphatic heterocycles. The Hall–Kier alpha value is -1.65. The third-order valence-electron chi connectivity index (χ3n) is 3.33. The number of ether oxygens (including phenoxy) is 1. The van der Waals surface area contributed by atoms with E-state index in [4.69, 9.17) is 4.74 Å². The Morgan fingerprint density at radius 1 is 1.36 bits per heavy atom. The van der Waals surface area contributed by atoms with E-state index < -0.39 is 6.04 Å². The third kappa shape index (κ3) is 6.41. The quantitative estimate of drug-likeness (QED) is 0.410. The molecular weight excluding hydrogens is 278 g/mol. The number of unbranched alkanes of at least 4 members (excludes halogenated alkanes) is 1. The summed E-state index contributed by atoms with van der Waals surface area (Å²) in [5.41, 5.74) is 2.03. The maximum Gasteiger partial charge on any atom is 0.325 e. The number of carbonyl (C=O) groups is 1. The van der Waals surface area contributed by atoms with Crippen molar-refractivity contribution in [1.29, 1.82) is 0 Å². The number of benzene rings is 1. The zero-order chi connectivity index (χ0) is 16.4. The van der Waals surface area contributed by atoms with Crippen LogP contribution in [-0.2, 0) is 16.1 Å². The van der Waals surface area contributed by atoms with E-state index in [0.29, 0.717) is 19.7 Å². The number of nitrogens with zero attached hydrogens (tertiary/aromatic N) is 1. The van der Waals surface area contributed by atoms with Gasteiger partial charge < -0.3 is 9.84 Å². The molecule has 0 fully saturated rings. The Balaban J connectivity index is 2.77. The van der Waals surface area contributed by atoms with Crippen molar-refractivity contribution >= 4 is 5.97 Å². The zero-order valence-electron chi connectivity index (χ0n) is 13.6. The molecule has 1 rings (SSSR count). The Bertz CT molecular complexity index is 459. The topological polar surface area (TPSA) is 49.8 Å². The predicted octanol–water partition coefficient (Wildman–Crippen LogP) is 2.77. The van der Waals surface area contributed by atoms with Crippen LogP contribution < -0.4 is 0 Å². The van der Waals surface area contributed by atoms with E-state index in [1.165, 1.54) is 0 Å². The van der Waals surface area contributed by atoms with Crippen molar-refractivity contribution in [3.8, 4) is 0 Å². The minimum absolute atomic E-state index is 0.259. The Kier molecular flexibility index (Phi) is 8.48. The lowest BCUT2D eigenvalue weighted by Gasteiger charge is -2.29. The highest BCUT2D eigenvalue weighted by Gasteiger charge is 2.26. The molecule has 122 valence electrons. The lowest BCUT2D eigenvalue weighted by atomic mass is 10.1. The summed E-state index contributed by atoms with van der Waals surface area (Å²) in [7, 11) is 0. The number of hydrogen-bond donors (Lipinski definition) is 1. The molecule has 1 aromatic rings. The van der Waals surface area contributed by atoms with Crippen LogP contribution in [-0.4, -0.2) is 41.8 Å². The number of aliphatic hydroxyl groups excluding tert-OH is 1. The smallest absolute Gasteiger partial charge is 0.325 e. The molecule has 1 N–H and O–H groups in total. The van der Waals surface area contributed by atoms with Gasteiger partial charge in [-0.25, -0.2) is 0 Å². The maximum absolute atomic E-state index is 12.2. The molecule has 0 unspecified atom stereocenters. The van der Waals surface area contributed by atoms with Crippen LogP contribution in [0.3, 0.4) is 0 Å². The summed E-state index contributed by atoms with van der Waals surface area (Å²) >= 11 is 0. The van der Waals surface area contributed by atoms with Crippen molar-refractivity contribution in [2.75, 3.05) is 19.8 Å².